The molecule has 3 aliphatic carbocycles. The average molecular weight is 775 g/mol. The molecule has 1 saturated heterocycles. The predicted molar refractivity (Wildman–Crippen MR) is 189 cm³/mol. The quantitative estimate of drug-likeness (QED) is 0.177. The number of carboxylic acid groups (broad SMARTS) is 1. The first-order chi connectivity index (χ1) is 26.6. The lowest BCUT2D eigenvalue weighted by Gasteiger charge is -2.53. The van der Waals surface area contributed by atoms with E-state index in [4.69, 9.17) is 23.7 Å². The minimum atomic E-state index is -3.23. The van der Waals surface area contributed by atoms with Gasteiger partial charge in [0.1, 0.15) is 42.0 Å². The smallest absolute Gasteiger partial charge is 0.339 e. The van der Waals surface area contributed by atoms with Crippen molar-refractivity contribution in [3.8, 4) is 11.5 Å². The lowest BCUT2D eigenvalue weighted by molar-refractivity contribution is -0.236. The van der Waals surface area contributed by atoms with Gasteiger partial charge in [-0.05, 0) is 37.1 Å². The van der Waals surface area contributed by atoms with Gasteiger partial charge in [-0.2, -0.15) is 0 Å². The largest absolute Gasteiger partial charge is 0.506 e. The number of aryl methyl sites for hydroxylation is 1. The van der Waals surface area contributed by atoms with Crippen LogP contribution < -0.4 is 10.1 Å². The maximum atomic E-state index is 15.0. The fourth-order valence-electron chi connectivity index (χ4n) is 8.52. The molecular weight excluding hydrogens is 736 g/mol. The highest BCUT2D eigenvalue weighted by Gasteiger charge is 2.73. The Morgan fingerprint density at radius 3 is 2.38 bits per heavy atom. The van der Waals surface area contributed by atoms with Crippen LogP contribution in [0.2, 0.25) is 0 Å². The third kappa shape index (κ3) is 5.34. The molecule has 294 valence electrons. The van der Waals surface area contributed by atoms with Crippen LogP contribution in [0.5, 0.6) is 11.5 Å². The molecule has 0 spiro atoms. The van der Waals surface area contributed by atoms with E-state index in [-0.39, 0.29) is 23.4 Å². The lowest BCUT2D eigenvalue weighted by Crippen LogP contribution is -2.73. The number of carbonyl (C=O) groups is 5. The van der Waals surface area contributed by atoms with Crippen LogP contribution in [0, 0.1) is 6.92 Å². The number of ketones is 4. The fourth-order valence-corrected chi connectivity index (χ4v) is 8.52. The van der Waals surface area contributed by atoms with Crippen LogP contribution in [0.25, 0.3) is 0 Å². The number of pyridine rings is 1. The number of aromatic carboxylic acids is 1. The zero-order valence-corrected chi connectivity index (χ0v) is 30.7. The summed E-state index contributed by atoms with van der Waals surface area (Å²) in [5.41, 5.74) is -9.51. The molecule has 17 heteroatoms. The third-order valence-electron chi connectivity index (χ3n) is 11.1. The monoisotopic (exact) mass is 774 g/mol. The second-order valence-corrected chi connectivity index (χ2v) is 14.0. The van der Waals surface area contributed by atoms with Gasteiger partial charge < -0.3 is 54.5 Å². The maximum Gasteiger partial charge on any atom is 0.339 e. The summed E-state index contributed by atoms with van der Waals surface area (Å²) in [5, 5.41) is 60.2. The number of hydrogen-bond donors (Lipinski definition) is 6. The minimum Gasteiger partial charge on any atom is -0.506 e. The number of nitrogens with one attached hydrogen (secondary N) is 1. The first kappa shape index (κ1) is 38.9. The van der Waals surface area contributed by atoms with Crippen LogP contribution in [-0.2, 0) is 37.6 Å². The molecule has 0 bridgehead atoms. The van der Waals surface area contributed by atoms with Gasteiger partial charge in [0.25, 0.3) is 0 Å². The second kappa shape index (κ2) is 14.0. The van der Waals surface area contributed by atoms with Crippen molar-refractivity contribution in [1.82, 2.24) is 10.3 Å². The number of rotatable bonds is 9. The Balaban J connectivity index is 1.39. The number of hydrogen-bond acceptors (Lipinski definition) is 16. The third-order valence-corrected chi connectivity index (χ3v) is 11.1. The van der Waals surface area contributed by atoms with E-state index in [2.05, 4.69) is 10.3 Å². The number of allylic oxidation sites excluding steroid dienone is 2. The molecule has 4 aliphatic rings. The van der Waals surface area contributed by atoms with Crippen molar-refractivity contribution in [2.24, 2.45) is 0 Å². The van der Waals surface area contributed by atoms with E-state index in [1.54, 1.807) is 19.1 Å². The van der Waals surface area contributed by atoms with Crippen LogP contribution in [0.1, 0.15) is 81.0 Å². The van der Waals surface area contributed by atoms with Crippen molar-refractivity contribution < 1.29 is 73.2 Å². The summed E-state index contributed by atoms with van der Waals surface area (Å²) in [6.45, 7) is 2.77. The topological polar surface area (TPSA) is 258 Å². The molecular formula is C39H38N2O15. The fraction of sp³-hybridized carbons (Fsp3) is 0.385. The summed E-state index contributed by atoms with van der Waals surface area (Å²) in [5.74, 6) is -7.69. The van der Waals surface area contributed by atoms with Crippen LogP contribution in [0.15, 0.2) is 48.4 Å². The van der Waals surface area contributed by atoms with Crippen molar-refractivity contribution in [3.63, 3.8) is 0 Å². The van der Waals surface area contributed by atoms with E-state index < -0.39 is 128 Å². The molecule has 0 amide bonds. The van der Waals surface area contributed by atoms with Gasteiger partial charge >= 0.3 is 5.97 Å². The Morgan fingerprint density at radius 2 is 1.75 bits per heavy atom. The van der Waals surface area contributed by atoms with Crippen LogP contribution >= 0.6 is 0 Å². The van der Waals surface area contributed by atoms with Gasteiger partial charge in [-0.3, -0.25) is 24.2 Å². The van der Waals surface area contributed by atoms with Crippen LogP contribution in [0.4, 0.5) is 0 Å². The summed E-state index contributed by atoms with van der Waals surface area (Å²) in [7, 11) is 3.61. The number of aliphatic hydroxyl groups excluding tert-OH is 2. The number of aromatic nitrogens is 1. The standard InChI is InChI=1S/C39H38N2O15/c1-15-9-18-10-23(43)39(54-5)35(48)26-20(34(47)38(39,51)27(18)32(24(15)37(49)50)55-14-17-7-6-8-40-13-17)11-19-25(29(26)45)22(42)12-21(28(19)44)41-36-33(53-4)30(46)31(52-3)16(2)56-36/h6-9,11-13,16,23,30-31,33,36,41,43,45-46,51H,10,14H2,1-5H3,(H,49,50)/t16-,23?,30+,31-,33+,36-,38?,39?/m0/s1. The number of methoxy groups -OCH3 is 3. The molecule has 0 saturated carbocycles. The van der Waals surface area contributed by atoms with Gasteiger partial charge in [-0.1, -0.05) is 12.1 Å². The molecule has 3 unspecified atom stereocenters. The lowest BCUT2D eigenvalue weighted by atomic mass is 9.56. The summed E-state index contributed by atoms with van der Waals surface area (Å²) in [6, 6.07) is 5.45. The molecule has 56 heavy (non-hydrogen) atoms. The number of aliphatic hydroxyl groups is 3. The molecule has 8 atom stereocenters. The first-order valence-corrected chi connectivity index (χ1v) is 17.4. The Bertz CT molecular complexity index is 2240. The van der Waals surface area contributed by atoms with E-state index in [1.165, 1.54) is 39.6 Å². The number of ether oxygens (including phenoxy) is 5. The van der Waals surface area contributed by atoms with Gasteiger partial charge in [0.15, 0.2) is 23.2 Å². The zero-order valence-electron chi connectivity index (χ0n) is 30.7. The highest BCUT2D eigenvalue weighted by Crippen LogP contribution is 2.57. The van der Waals surface area contributed by atoms with Gasteiger partial charge in [0, 0.05) is 68.5 Å². The molecule has 2 heterocycles. The number of carbonyl (C=O) groups excluding carboxylic acids is 4. The first-order valence-electron chi connectivity index (χ1n) is 17.4. The van der Waals surface area contributed by atoms with E-state index in [1.807, 2.05) is 0 Å². The molecule has 0 radical (unpaired) electrons. The number of benzene rings is 2. The van der Waals surface area contributed by atoms with Gasteiger partial charge in [-0.15, -0.1) is 0 Å². The normalized spacial score (nSPS) is 29.5. The molecule has 6 N–H and O–H groups in total. The summed E-state index contributed by atoms with van der Waals surface area (Å²) < 4.78 is 28.3. The van der Waals surface area contributed by atoms with Crippen molar-refractivity contribution in [2.45, 2.75) is 74.8 Å². The number of Topliss-reactive ketones (excluding diaryl/α,β-unsaturated/α-hetero) is 3. The Kier molecular flexibility index (Phi) is 9.69. The highest BCUT2D eigenvalue weighted by atomic mass is 16.6. The van der Waals surface area contributed by atoms with Crippen molar-refractivity contribution in [2.75, 3.05) is 21.3 Å². The minimum absolute atomic E-state index is 0.0520. The van der Waals surface area contributed by atoms with E-state index in [0.29, 0.717) is 5.56 Å². The van der Waals surface area contributed by atoms with Crippen LogP contribution in [-0.4, -0.2) is 123 Å². The van der Waals surface area contributed by atoms with Gasteiger partial charge in [0.2, 0.25) is 17.3 Å². The highest BCUT2D eigenvalue weighted by molar-refractivity contribution is 6.31. The number of nitrogens with zero attached hydrogens (tertiary/aromatic N) is 1. The SMILES string of the molecule is CO[C@@H]1[C@@H](O)[C@@H](OC)[C@@H](NC2=CC(=O)c3c(cc4c(c3O)C(=O)C3(OC)C(O)Cc5cc(C)c(C(=O)O)c(OCc6cccnc6)c5C3(O)C4=O)C2=O)O[C@H]1C. The maximum absolute atomic E-state index is 15.0. The molecule has 7 rings (SSSR count). The number of aromatic hydroxyl groups is 1. The summed E-state index contributed by atoms with van der Waals surface area (Å²) in [6.07, 6.45) is -3.66. The molecule has 17 nitrogen and oxygen atoms in total. The number of phenolic OH excluding ortho intramolecular Hbond substituents is 1. The van der Waals surface area contributed by atoms with Crippen molar-refractivity contribution in [3.05, 3.63) is 98.5 Å². The number of carboxylic acids is 1. The van der Waals surface area contributed by atoms with Crippen molar-refractivity contribution in [1.29, 1.82) is 0 Å². The van der Waals surface area contributed by atoms with E-state index >= 15 is 4.79 Å². The van der Waals surface area contributed by atoms with Gasteiger partial charge in [-0.25, -0.2) is 4.79 Å². The van der Waals surface area contributed by atoms with E-state index in [9.17, 15) is 44.7 Å². The number of fused-ring (bicyclic) bond motifs is 5. The van der Waals surface area contributed by atoms with Gasteiger partial charge in [0.05, 0.1) is 29.0 Å². The molecule has 2 aromatic carbocycles. The average Bonchev–Trinajstić information content (AvgIpc) is 3.15. The predicted octanol–water partition coefficient (Wildman–Crippen LogP) is 0.930. The Labute approximate surface area is 318 Å². The molecule has 1 aliphatic heterocycles. The molecule has 1 aromatic heterocycles. The molecule has 1 fully saturated rings. The van der Waals surface area contributed by atoms with Crippen LogP contribution in [0.3, 0.4) is 0 Å². The molecule has 3 aromatic rings. The number of phenols is 1. The Hall–Kier alpha value is -5.40. The van der Waals surface area contributed by atoms with E-state index in [0.717, 1.165) is 19.3 Å². The summed E-state index contributed by atoms with van der Waals surface area (Å²) in [4.78, 5) is 74.3. The zero-order chi connectivity index (χ0) is 40.6. The second-order valence-electron chi connectivity index (χ2n) is 14.0. The van der Waals surface area contributed by atoms with Crippen molar-refractivity contribution >= 4 is 29.1 Å². The Morgan fingerprint density at radius 1 is 1.04 bits per heavy atom. The summed E-state index contributed by atoms with van der Waals surface area (Å²) >= 11 is 0.